The number of cyclic esters (lactones) is 1. The van der Waals surface area contributed by atoms with Crippen LogP contribution in [0, 0.1) is 5.82 Å². The fourth-order valence-corrected chi connectivity index (χ4v) is 3.01. The van der Waals surface area contributed by atoms with Gasteiger partial charge in [-0.1, -0.05) is 36.4 Å². The van der Waals surface area contributed by atoms with E-state index in [4.69, 9.17) is 4.74 Å². The zero-order valence-corrected chi connectivity index (χ0v) is 13.6. The molecule has 0 aliphatic carbocycles. The highest BCUT2D eigenvalue weighted by Gasteiger charge is 2.44. The Morgan fingerprint density at radius 2 is 1.88 bits per heavy atom. The Labute approximate surface area is 139 Å². The summed E-state index contributed by atoms with van der Waals surface area (Å²) in [5.41, 5.74) is 0.397. The monoisotopic (exact) mass is 327 g/mol. The van der Waals surface area contributed by atoms with Gasteiger partial charge in [0.2, 0.25) is 0 Å². The van der Waals surface area contributed by atoms with Crippen molar-refractivity contribution in [2.24, 2.45) is 0 Å². The molecule has 1 atom stereocenters. The van der Waals surface area contributed by atoms with Crippen LogP contribution >= 0.6 is 0 Å². The van der Waals surface area contributed by atoms with Crippen molar-refractivity contribution >= 4 is 11.9 Å². The van der Waals surface area contributed by atoms with Gasteiger partial charge in [0, 0.05) is 25.6 Å². The topological polar surface area (TPSA) is 46.6 Å². The van der Waals surface area contributed by atoms with E-state index in [1.807, 2.05) is 12.1 Å². The second-order valence-corrected chi connectivity index (χ2v) is 6.21. The van der Waals surface area contributed by atoms with E-state index in [1.165, 1.54) is 11.0 Å². The highest BCUT2D eigenvalue weighted by Crippen LogP contribution is 2.29. The number of hydrogen-bond donors (Lipinski definition) is 0. The molecule has 1 amide bonds. The molecule has 5 heteroatoms. The van der Waals surface area contributed by atoms with Gasteiger partial charge in [0.05, 0.1) is 5.56 Å². The lowest BCUT2D eigenvalue weighted by Gasteiger charge is -2.36. The molecule has 2 aromatic carbocycles. The molecule has 0 saturated heterocycles. The van der Waals surface area contributed by atoms with Crippen LogP contribution in [0.25, 0.3) is 0 Å². The third-order valence-electron chi connectivity index (χ3n) is 4.25. The molecule has 0 radical (unpaired) electrons. The zero-order valence-electron chi connectivity index (χ0n) is 13.6. The summed E-state index contributed by atoms with van der Waals surface area (Å²) < 4.78 is 19.2. The minimum atomic E-state index is -1.29. The number of halogens is 1. The summed E-state index contributed by atoms with van der Waals surface area (Å²) in [6.07, 6.45) is 0.301. The highest BCUT2D eigenvalue weighted by atomic mass is 19.1. The molecular formula is C19H18FNO3. The molecule has 0 N–H and O–H groups in total. The Bertz CT molecular complexity index is 805. The molecular weight excluding hydrogens is 309 g/mol. The number of esters is 1. The first-order valence-electron chi connectivity index (χ1n) is 7.71. The smallest absolute Gasteiger partial charge is 0.339 e. The number of carbonyl (C=O) groups excluding carboxylic acids is 2. The van der Waals surface area contributed by atoms with Crippen LogP contribution in [-0.4, -0.2) is 29.4 Å². The van der Waals surface area contributed by atoms with Gasteiger partial charge in [0.15, 0.2) is 5.60 Å². The summed E-state index contributed by atoms with van der Waals surface area (Å²) in [5.74, 6) is -1.23. The normalized spacial score (nSPS) is 19.4. The Hall–Kier alpha value is -2.69. The Kier molecular flexibility index (Phi) is 4.09. The van der Waals surface area contributed by atoms with Gasteiger partial charge in [-0.15, -0.1) is 0 Å². The van der Waals surface area contributed by atoms with Crippen LogP contribution in [0.5, 0.6) is 0 Å². The number of rotatable bonds is 3. The van der Waals surface area contributed by atoms with Crippen LogP contribution in [-0.2, 0) is 22.5 Å². The summed E-state index contributed by atoms with van der Waals surface area (Å²) >= 11 is 0. The van der Waals surface area contributed by atoms with Crippen molar-refractivity contribution in [1.82, 2.24) is 4.90 Å². The Morgan fingerprint density at radius 1 is 1.21 bits per heavy atom. The maximum absolute atomic E-state index is 13.8. The minimum Gasteiger partial charge on any atom is -0.445 e. The van der Waals surface area contributed by atoms with Gasteiger partial charge in [-0.25, -0.2) is 9.18 Å². The first-order chi connectivity index (χ1) is 11.4. The van der Waals surface area contributed by atoms with E-state index >= 15 is 0 Å². The Morgan fingerprint density at radius 3 is 2.62 bits per heavy atom. The van der Waals surface area contributed by atoms with Crippen molar-refractivity contribution in [1.29, 1.82) is 0 Å². The van der Waals surface area contributed by atoms with E-state index in [1.54, 1.807) is 44.3 Å². The van der Waals surface area contributed by atoms with Crippen LogP contribution in [0.3, 0.4) is 0 Å². The number of carbonyl (C=O) groups is 2. The molecule has 4 nitrogen and oxygen atoms in total. The number of fused-ring (bicyclic) bond motifs is 1. The molecule has 124 valence electrons. The number of nitrogens with zero attached hydrogens (tertiary/aromatic N) is 1. The van der Waals surface area contributed by atoms with Crippen molar-refractivity contribution in [2.75, 3.05) is 7.05 Å². The summed E-state index contributed by atoms with van der Waals surface area (Å²) in [4.78, 5) is 26.4. The van der Waals surface area contributed by atoms with Gasteiger partial charge in [-0.2, -0.15) is 0 Å². The molecule has 0 fully saturated rings. The molecule has 0 aromatic heterocycles. The standard InChI is InChI=1S/C19H18FNO3/c1-19(11-13-7-3-5-9-15(13)17(22)24-19)18(23)21(2)12-14-8-4-6-10-16(14)20/h3-10H,11-12H2,1-2H3. The number of hydrogen-bond acceptors (Lipinski definition) is 3. The fraction of sp³-hybridized carbons (Fsp3) is 0.263. The van der Waals surface area contributed by atoms with Gasteiger partial charge in [-0.3, -0.25) is 4.79 Å². The third kappa shape index (κ3) is 2.89. The van der Waals surface area contributed by atoms with Crippen LogP contribution in [0.2, 0.25) is 0 Å². The van der Waals surface area contributed by atoms with Gasteiger partial charge < -0.3 is 9.64 Å². The second kappa shape index (κ2) is 6.07. The van der Waals surface area contributed by atoms with E-state index in [0.29, 0.717) is 17.5 Å². The molecule has 1 heterocycles. The Balaban J connectivity index is 1.82. The van der Waals surface area contributed by atoms with Crippen molar-refractivity contribution in [3.8, 4) is 0 Å². The number of ether oxygens (including phenoxy) is 1. The molecule has 24 heavy (non-hydrogen) atoms. The van der Waals surface area contributed by atoms with Crippen molar-refractivity contribution < 1.29 is 18.7 Å². The van der Waals surface area contributed by atoms with Gasteiger partial charge in [0.25, 0.3) is 5.91 Å². The number of amides is 1. The lowest BCUT2D eigenvalue weighted by molar-refractivity contribution is -0.150. The molecule has 2 aromatic rings. The molecule has 0 spiro atoms. The molecule has 0 bridgehead atoms. The molecule has 3 rings (SSSR count). The summed E-state index contributed by atoms with van der Waals surface area (Å²) in [7, 11) is 1.58. The van der Waals surface area contributed by atoms with Gasteiger partial charge >= 0.3 is 5.97 Å². The highest BCUT2D eigenvalue weighted by molar-refractivity contribution is 5.97. The first kappa shape index (κ1) is 16.2. The quantitative estimate of drug-likeness (QED) is 0.814. The molecule has 0 saturated carbocycles. The average molecular weight is 327 g/mol. The van der Waals surface area contributed by atoms with E-state index in [2.05, 4.69) is 0 Å². The second-order valence-electron chi connectivity index (χ2n) is 6.21. The van der Waals surface area contributed by atoms with Crippen molar-refractivity contribution in [3.63, 3.8) is 0 Å². The predicted molar refractivity (Wildman–Crippen MR) is 86.8 cm³/mol. The lowest BCUT2D eigenvalue weighted by atomic mass is 9.89. The van der Waals surface area contributed by atoms with E-state index in [9.17, 15) is 14.0 Å². The van der Waals surface area contributed by atoms with E-state index in [-0.39, 0.29) is 18.3 Å². The van der Waals surface area contributed by atoms with E-state index < -0.39 is 11.6 Å². The van der Waals surface area contributed by atoms with Crippen LogP contribution < -0.4 is 0 Å². The van der Waals surface area contributed by atoms with Crippen LogP contribution in [0.4, 0.5) is 4.39 Å². The van der Waals surface area contributed by atoms with Crippen molar-refractivity contribution in [3.05, 3.63) is 71.0 Å². The van der Waals surface area contributed by atoms with E-state index in [0.717, 1.165) is 5.56 Å². The SMILES string of the molecule is CN(Cc1ccccc1F)C(=O)C1(C)Cc2ccccc2C(=O)O1. The summed E-state index contributed by atoms with van der Waals surface area (Å²) in [6, 6.07) is 13.4. The predicted octanol–water partition coefficient (Wildman–Crippen LogP) is 2.96. The molecule has 1 aliphatic rings. The number of likely N-dealkylation sites (N-methyl/N-ethyl adjacent to an activating group) is 1. The van der Waals surface area contributed by atoms with Gasteiger partial charge in [0.1, 0.15) is 5.82 Å². The van der Waals surface area contributed by atoms with Crippen molar-refractivity contribution in [2.45, 2.75) is 25.5 Å². The third-order valence-corrected chi connectivity index (χ3v) is 4.25. The largest absolute Gasteiger partial charge is 0.445 e. The first-order valence-corrected chi connectivity index (χ1v) is 7.71. The fourth-order valence-electron chi connectivity index (χ4n) is 3.01. The summed E-state index contributed by atoms with van der Waals surface area (Å²) in [5, 5.41) is 0. The van der Waals surface area contributed by atoms with Crippen LogP contribution in [0.15, 0.2) is 48.5 Å². The minimum absolute atomic E-state index is 0.111. The average Bonchev–Trinajstić information content (AvgIpc) is 2.56. The molecule has 1 unspecified atom stereocenters. The van der Waals surface area contributed by atoms with Gasteiger partial charge in [-0.05, 0) is 24.6 Å². The molecule has 1 aliphatic heterocycles. The number of benzene rings is 2. The zero-order chi connectivity index (χ0) is 17.3. The summed E-state index contributed by atoms with van der Waals surface area (Å²) in [6.45, 7) is 1.71. The maximum atomic E-state index is 13.8. The van der Waals surface area contributed by atoms with Crippen LogP contribution in [0.1, 0.15) is 28.4 Å². The lowest BCUT2D eigenvalue weighted by Crippen LogP contribution is -2.52. The maximum Gasteiger partial charge on any atom is 0.339 e.